The molecule has 1 saturated carbocycles. The van der Waals surface area contributed by atoms with Gasteiger partial charge >= 0.3 is 0 Å². The number of aryl methyl sites for hydroxylation is 2. The number of hydrogen-bond donors (Lipinski definition) is 1. The van der Waals surface area contributed by atoms with Crippen LogP contribution >= 0.6 is 11.3 Å². The van der Waals surface area contributed by atoms with Crippen molar-refractivity contribution in [2.75, 3.05) is 6.54 Å². The van der Waals surface area contributed by atoms with Crippen molar-refractivity contribution >= 4 is 23.2 Å². The Morgan fingerprint density at radius 2 is 1.97 bits per heavy atom. The highest BCUT2D eigenvalue weighted by Gasteiger charge is 2.54. The van der Waals surface area contributed by atoms with Gasteiger partial charge in [-0.1, -0.05) is 42.0 Å². The predicted octanol–water partition coefficient (Wildman–Crippen LogP) is 5.17. The Morgan fingerprint density at radius 1 is 1.17 bits per heavy atom. The Kier molecular flexibility index (Phi) is 5.45. The number of carbonyl (C=O) groups excluding carboxylic acids is 2. The van der Waals surface area contributed by atoms with Gasteiger partial charge in [0, 0.05) is 19.0 Å². The molecule has 0 bridgehead atoms. The van der Waals surface area contributed by atoms with Gasteiger partial charge in [0.15, 0.2) is 0 Å². The summed E-state index contributed by atoms with van der Waals surface area (Å²) in [6, 6.07) is 14.2. The SMILES string of the molecule is Cc1cccc(-c2sc(C)nc2C(=O)N2[C@H](CNC(=O)c3cccc4c3OC(C)(C)C4)C[C@@H]3C[C@@H]32)c1. The van der Waals surface area contributed by atoms with Gasteiger partial charge in [-0.25, -0.2) is 4.98 Å². The molecule has 36 heavy (non-hydrogen) atoms. The van der Waals surface area contributed by atoms with E-state index in [2.05, 4.69) is 29.4 Å². The third-order valence-corrected chi connectivity index (χ3v) is 8.52. The molecule has 2 fully saturated rings. The van der Waals surface area contributed by atoms with Crippen LogP contribution in [-0.4, -0.2) is 45.9 Å². The number of hydrogen-bond acceptors (Lipinski definition) is 5. The lowest BCUT2D eigenvalue weighted by molar-refractivity contribution is 0.0683. The maximum Gasteiger partial charge on any atom is 0.274 e. The lowest BCUT2D eigenvalue weighted by atomic mass is 10.0. The number of benzene rings is 2. The number of rotatable bonds is 5. The van der Waals surface area contributed by atoms with E-state index in [1.165, 1.54) is 0 Å². The summed E-state index contributed by atoms with van der Waals surface area (Å²) in [6.45, 7) is 8.50. The van der Waals surface area contributed by atoms with E-state index in [1.54, 1.807) is 11.3 Å². The maximum atomic E-state index is 13.9. The van der Waals surface area contributed by atoms with Gasteiger partial charge < -0.3 is 15.0 Å². The summed E-state index contributed by atoms with van der Waals surface area (Å²) in [5.41, 5.74) is 4.03. The molecule has 3 atom stereocenters. The van der Waals surface area contributed by atoms with E-state index in [-0.39, 0.29) is 29.5 Å². The molecule has 1 saturated heterocycles. The van der Waals surface area contributed by atoms with Gasteiger partial charge in [0.25, 0.3) is 11.8 Å². The number of para-hydroxylation sites is 1. The van der Waals surface area contributed by atoms with Crippen LogP contribution in [0.25, 0.3) is 10.4 Å². The monoisotopic (exact) mass is 501 g/mol. The van der Waals surface area contributed by atoms with Gasteiger partial charge in [-0.15, -0.1) is 11.3 Å². The Bertz CT molecular complexity index is 1380. The van der Waals surface area contributed by atoms with Crippen molar-refractivity contribution in [1.29, 1.82) is 0 Å². The maximum absolute atomic E-state index is 13.9. The summed E-state index contributed by atoms with van der Waals surface area (Å²) >= 11 is 1.56. The van der Waals surface area contributed by atoms with Gasteiger partial charge in [0.1, 0.15) is 17.0 Å². The van der Waals surface area contributed by atoms with Crippen molar-refractivity contribution in [1.82, 2.24) is 15.2 Å². The van der Waals surface area contributed by atoms with Crippen LogP contribution in [-0.2, 0) is 6.42 Å². The van der Waals surface area contributed by atoms with Crippen LogP contribution in [0, 0.1) is 19.8 Å². The molecule has 1 aromatic heterocycles. The van der Waals surface area contributed by atoms with Crippen LogP contribution in [0.5, 0.6) is 5.75 Å². The zero-order valence-electron chi connectivity index (χ0n) is 21.1. The summed E-state index contributed by atoms with van der Waals surface area (Å²) in [6.07, 6.45) is 2.73. The molecule has 6 nitrogen and oxygen atoms in total. The Hall–Kier alpha value is -3.19. The summed E-state index contributed by atoms with van der Waals surface area (Å²) < 4.78 is 6.09. The first-order valence-electron chi connectivity index (χ1n) is 12.7. The number of carbonyl (C=O) groups is 2. The largest absolute Gasteiger partial charge is 0.486 e. The van der Waals surface area contributed by atoms with Crippen LogP contribution < -0.4 is 10.1 Å². The van der Waals surface area contributed by atoms with Gasteiger partial charge in [-0.3, -0.25) is 9.59 Å². The minimum absolute atomic E-state index is 0.0224. The summed E-state index contributed by atoms with van der Waals surface area (Å²) in [7, 11) is 0. The van der Waals surface area contributed by atoms with Gasteiger partial charge in [-0.2, -0.15) is 0 Å². The topological polar surface area (TPSA) is 71.5 Å². The molecular formula is C29H31N3O3S. The second kappa shape index (κ2) is 8.44. The second-order valence-electron chi connectivity index (χ2n) is 11.0. The molecule has 0 radical (unpaired) electrons. The van der Waals surface area contributed by atoms with E-state index in [9.17, 15) is 9.59 Å². The van der Waals surface area contributed by atoms with E-state index in [1.807, 2.05) is 56.0 Å². The van der Waals surface area contributed by atoms with Crippen molar-refractivity contribution in [3.05, 3.63) is 69.9 Å². The van der Waals surface area contributed by atoms with Crippen molar-refractivity contribution in [2.24, 2.45) is 5.92 Å². The normalized spacial score (nSPS) is 23.1. The number of amides is 2. The van der Waals surface area contributed by atoms with E-state index >= 15 is 0 Å². The average molecular weight is 502 g/mol. The number of nitrogens with zero attached hydrogens (tertiary/aromatic N) is 2. The highest BCUT2D eigenvalue weighted by Crippen LogP contribution is 2.49. The third-order valence-electron chi connectivity index (χ3n) is 7.50. The van der Waals surface area contributed by atoms with Crippen LogP contribution in [0.3, 0.4) is 0 Å². The quantitative estimate of drug-likeness (QED) is 0.523. The fourth-order valence-electron chi connectivity index (χ4n) is 5.83. The molecule has 3 aliphatic rings. The molecule has 2 amide bonds. The molecule has 186 valence electrons. The van der Waals surface area contributed by atoms with Gasteiger partial charge in [0.05, 0.1) is 21.5 Å². The standard InChI is InChI=1S/C29H31N3O3S/c1-16-7-5-8-18(11-16)26-24(31-17(2)36-26)28(34)32-21(12-20-13-23(20)32)15-30-27(33)22-10-6-9-19-14-29(3,4)35-25(19)22/h5-11,20-21,23H,12-15H2,1-4H3,(H,30,33)/t20-,21+,23+/m1/s1. The lowest BCUT2D eigenvalue weighted by Crippen LogP contribution is -2.45. The molecule has 1 aliphatic carbocycles. The summed E-state index contributed by atoms with van der Waals surface area (Å²) in [4.78, 5) is 34.6. The first kappa shape index (κ1) is 23.2. The van der Waals surface area contributed by atoms with E-state index in [0.29, 0.717) is 29.5 Å². The zero-order chi connectivity index (χ0) is 25.2. The fourth-order valence-corrected chi connectivity index (χ4v) is 6.74. The van der Waals surface area contributed by atoms with E-state index in [0.717, 1.165) is 45.8 Å². The molecule has 3 aromatic rings. The average Bonchev–Trinajstić information content (AvgIpc) is 3.16. The molecular weight excluding hydrogens is 470 g/mol. The fraction of sp³-hybridized carbons (Fsp3) is 0.414. The Balaban J connectivity index is 1.21. The molecule has 6 rings (SSSR count). The molecule has 2 aliphatic heterocycles. The molecule has 2 aromatic carbocycles. The van der Waals surface area contributed by atoms with Crippen molar-refractivity contribution in [3.8, 4) is 16.2 Å². The minimum Gasteiger partial charge on any atom is -0.486 e. The number of aromatic nitrogens is 1. The van der Waals surface area contributed by atoms with Gasteiger partial charge in [-0.05, 0) is 63.6 Å². The van der Waals surface area contributed by atoms with E-state index < -0.39 is 0 Å². The van der Waals surface area contributed by atoms with Crippen molar-refractivity contribution in [2.45, 2.75) is 64.6 Å². The van der Waals surface area contributed by atoms with E-state index in [4.69, 9.17) is 4.74 Å². The van der Waals surface area contributed by atoms with Crippen LogP contribution in [0.2, 0.25) is 0 Å². The van der Waals surface area contributed by atoms with Gasteiger partial charge in [0.2, 0.25) is 0 Å². The molecule has 7 heteroatoms. The first-order valence-corrected chi connectivity index (χ1v) is 13.5. The molecule has 3 heterocycles. The summed E-state index contributed by atoms with van der Waals surface area (Å²) in [5, 5.41) is 3.99. The second-order valence-corrected chi connectivity index (χ2v) is 12.2. The highest BCUT2D eigenvalue weighted by molar-refractivity contribution is 7.15. The van der Waals surface area contributed by atoms with Crippen LogP contribution in [0.15, 0.2) is 42.5 Å². The molecule has 0 spiro atoms. The Labute approximate surface area is 215 Å². The lowest BCUT2D eigenvalue weighted by Gasteiger charge is -2.28. The minimum atomic E-state index is -0.310. The zero-order valence-corrected chi connectivity index (χ0v) is 21.9. The van der Waals surface area contributed by atoms with Crippen LogP contribution in [0.1, 0.15) is 63.7 Å². The number of fused-ring (bicyclic) bond motifs is 2. The number of piperidine rings is 1. The predicted molar refractivity (Wildman–Crippen MR) is 141 cm³/mol. The number of likely N-dealkylation sites (tertiary alicyclic amines) is 1. The van der Waals surface area contributed by atoms with Crippen molar-refractivity contribution in [3.63, 3.8) is 0 Å². The van der Waals surface area contributed by atoms with Crippen LogP contribution in [0.4, 0.5) is 0 Å². The Morgan fingerprint density at radius 3 is 2.78 bits per heavy atom. The highest BCUT2D eigenvalue weighted by atomic mass is 32.1. The summed E-state index contributed by atoms with van der Waals surface area (Å²) in [5.74, 6) is 1.03. The molecule has 0 unspecified atom stereocenters. The number of nitrogens with one attached hydrogen (secondary N) is 1. The first-order chi connectivity index (χ1) is 17.2. The number of ether oxygens (including phenoxy) is 1. The number of thiazole rings is 1. The third kappa shape index (κ3) is 4.09. The van der Waals surface area contributed by atoms with Crippen molar-refractivity contribution < 1.29 is 14.3 Å². The molecule has 1 N–H and O–H groups in total. The smallest absolute Gasteiger partial charge is 0.274 e.